The van der Waals surface area contributed by atoms with Crippen molar-refractivity contribution in [1.29, 1.82) is 0 Å². The van der Waals surface area contributed by atoms with Gasteiger partial charge in [-0.3, -0.25) is 10.0 Å². The highest BCUT2D eigenvalue weighted by Gasteiger charge is 2.14. The van der Waals surface area contributed by atoms with Crippen LogP contribution in [0.1, 0.15) is 31.2 Å². The number of hydroxylamine groups is 1. The molecule has 1 amide bonds. The molecule has 3 rings (SSSR count). The summed E-state index contributed by atoms with van der Waals surface area (Å²) in [5.74, 6) is 0.340. The topological polar surface area (TPSA) is 122 Å². The van der Waals surface area contributed by atoms with Crippen LogP contribution in [-0.4, -0.2) is 50.2 Å². The SMILES string of the molecule is O=C(CCCOCCCS(=O)(=O)c1ccc(OCCCc2cccc(-c3cccc(O)c3)c2)cc1)NO. The van der Waals surface area contributed by atoms with Gasteiger partial charge in [0.2, 0.25) is 5.91 Å². The van der Waals surface area contributed by atoms with E-state index in [0.29, 0.717) is 31.8 Å². The molecule has 0 aliphatic heterocycles. The summed E-state index contributed by atoms with van der Waals surface area (Å²) < 4.78 is 36.2. The first-order valence-corrected chi connectivity index (χ1v) is 13.9. The van der Waals surface area contributed by atoms with Gasteiger partial charge in [-0.05, 0) is 78.8 Å². The molecule has 198 valence electrons. The van der Waals surface area contributed by atoms with E-state index in [0.717, 1.165) is 24.0 Å². The number of aryl methyl sites for hydroxylation is 1. The number of sulfone groups is 1. The Kier molecular flexibility index (Phi) is 10.9. The highest BCUT2D eigenvalue weighted by molar-refractivity contribution is 7.91. The maximum Gasteiger partial charge on any atom is 0.243 e. The fourth-order valence-electron chi connectivity index (χ4n) is 3.76. The lowest BCUT2D eigenvalue weighted by Crippen LogP contribution is -2.18. The average molecular weight is 528 g/mol. The Morgan fingerprint density at radius 3 is 2.27 bits per heavy atom. The number of ether oxygens (including phenoxy) is 2. The van der Waals surface area contributed by atoms with E-state index in [-0.39, 0.29) is 29.4 Å². The molecule has 3 aromatic rings. The number of nitrogens with one attached hydrogen (secondary N) is 1. The van der Waals surface area contributed by atoms with Gasteiger partial charge < -0.3 is 14.6 Å². The molecule has 8 nitrogen and oxygen atoms in total. The highest BCUT2D eigenvalue weighted by atomic mass is 32.2. The van der Waals surface area contributed by atoms with Gasteiger partial charge in [0.25, 0.3) is 0 Å². The van der Waals surface area contributed by atoms with Crippen LogP contribution in [0.2, 0.25) is 0 Å². The van der Waals surface area contributed by atoms with Crippen LogP contribution in [0, 0.1) is 0 Å². The maximum atomic E-state index is 12.5. The number of aromatic hydroxyl groups is 1. The minimum absolute atomic E-state index is 0.0357. The Balaban J connectivity index is 1.38. The standard InChI is InChI=1S/C28H33NO7S/c30-25-10-2-9-24(21-25)23-8-1-6-22(20-23)7-3-18-36-26-12-14-27(15-13-26)37(33,34)19-5-17-35-16-4-11-28(31)29-32/h1-2,6,8-10,12-15,20-21,30,32H,3-5,7,11,16-19H2,(H,29,31). The Hall–Kier alpha value is -3.40. The fraction of sp³-hybridized carbons (Fsp3) is 0.321. The molecule has 0 aliphatic carbocycles. The van der Waals surface area contributed by atoms with Gasteiger partial charge >= 0.3 is 0 Å². The van der Waals surface area contributed by atoms with Crippen molar-refractivity contribution in [3.05, 3.63) is 78.4 Å². The summed E-state index contributed by atoms with van der Waals surface area (Å²) >= 11 is 0. The van der Waals surface area contributed by atoms with E-state index in [2.05, 4.69) is 12.1 Å². The number of rotatable bonds is 15. The second-order valence-electron chi connectivity index (χ2n) is 8.60. The Morgan fingerprint density at radius 2 is 1.54 bits per heavy atom. The molecular weight excluding hydrogens is 494 g/mol. The van der Waals surface area contributed by atoms with Crippen molar-refractivity contribution in [3.63, 3.8) is 0 Å². The van der Waals surface area contributed by atoms with Gasteiger partial charge in [0.1, 0.15) is 11.5 Å². The predicted octanol–water partition coefficient (Wildman–Crippen LogP) is 4.54. The quantitative estimate of drug-likeness (QED) is 0.151. The fourth-order valence-corrected chi connectivity index (χ4v) is 5.05. The van der Waals surface area contributed by atoms with Crippen molar-refractivity contribution in [1.82, 2.24) is 5.48 Å². The number of amides is 1. The van der Waals surface area contributed by atoms with Crippen molar-refractivity contribution in [2.45, 2.75) is 37.0 Å². The maximum absolute atomic E-state index is 12.5. The van der Waals surface area contributed by atoms with Crippen molar-refractivity contribution in [2.24, 2.45) is 0 Å². The van der Waals surface area contributed by atoms with Gasteiger partial charge in [0.05, 0.1) is 17.3 Å². The van der Waals surface area contributed by atoms with Gasteiger partial charge in [0, 0.05) is 19.6 Å². The number of hydrogen-bond donors (Lipinski definition) is 3. The van der Waals surface area contributed by atoms with Crippen molar-refractivity contribution >= 4 is 15.7 Å². The zero-order chi connectivity index (χ0) is 26.5. The van der Waals surface area contributed by atoms with Gasteiger partial charge in [-0.1, -0.05) is 36.4 Å². The third kappa shape index (κ3) is 9.53. The average Bonchev–Trinajstić information content (AvgIpc) is 2.91. The van der Waals surface area contributed by atoms with E-state index in [4.69, 9.17) is 14.7 Å². The first kappa shape index (κ1) is 28.2. The summed E-state index contributed by atoms with van der Waals surface area (Å²) in [6, 6.07) is 21.8. The van der Waals surface area contributed by atoms with Gasteiger partial charge in [0.15, 0.2) is 9.84 Å². The van der Waals surface area contributed by atoms with Crippen LogP contribution in [0.5, 0.6) is 11.5 Å². The zero-order valence-corrected chi connectivity index (χ0v) is 21.5. The number of phenols is 1. The van der Waals surface area contributed by atoms with E-state index >= 15 is 0 Å². The third-order valence-electron chi connectivity index (χ3n) is 5.69. The number of hydrogen-bond acceptors (Lipinski definition) is 7. The monoisotopic (exact) mass is 527 g/mol. The summed E-state index contributed by atoms with van der Waals surface area (Å²) in [5.41, 5.74) is 4.73. The molecule has 0 saturated heterocycles. The first-order chi connectivity index (χ1) is 17.9. The van der Waals surface area contributed by atoms with E-state index < -0.39 is 15.7 Å². The van der Waals surface area contributed by atoms with Crippen LogP contribution in [0.15, 0.2) is 77.7 Å². The molecule has 3 N–H and O–H groups in total. The Labute approximate surface area is 217 Å². The molecule has 0 bridgehead atoms. The van der Waals surface area contributed by atoms with Crippen molar-refractivity contribution < 1.29 is 33.0 Å². The zero-order valence-electron chi connectivity index (χ0n) is 20.6. The van der Waals surface area contributed by atoms with Crippen LogP contribution in [0.25, 0.3) is 11.1 Å². The van der Waals surface area contributed by atoms with E-state index in [1.807, 2.05) is 24.3 Å². The lowest BCUT2D eigenvalue weighted by molar-refractivity contribution is -0.129. The molecule has 37 heavy (non-hydrogen) atoms. The van der Waals surface area contributed by atoms with Gasteiger partial charge in [-0.15, -0.1) is 0 Å². The summed E-state index contributed by atoms with van der Waals surface area (Å²) in [4.78, 5) is 11.1. The second-order valence-corrected chi connectivity index (χ2v) is 10.7. The van der Waals surface area contributed by atoms with Crippen LogP contribution in [0.4, 0.5) is 0 Å². The predicted molar refractivity (Wildman–Crippen MR) is 140 cm³/mol. The molecule has 0 aliphatic rings. The lowest BCUT2D eigenvalue weighted by Gasteiger charge is -2.09. The molecule has 0 radical (unpaired) electrons. The molecule has 0 spiro atoms. The second kappa shape index (κ2) is 14.4. The molecule has 3 aromatic carbocycles. The van der Waals surface area contributed by atoms with E-state index in [9.17, 15) is 18.3 Å². The molecule has 0 fully saturated rings. The summed E-state index contributed by atoms with van der Waals surface area (Å²) in [5, 5.41) is 18.1. The van der Waals surface area contributed by atoms with Gasteiger partial charge in [-0.25, -0.2) is 13.9 Å². The minimum atomic E-state index is -3.43. The summed E-state index contributed by atoms with van der Waals surface area (Å²) in [7, 11) is -3.43. The minimum Gasteiger partial charge on any atom is -0.508 e. The molecule has 0 atom stereocenters. The summed E-state index contributed by atoms with van der Waals surface area (Å²) in [6.07, 6.45) is 2.58. The van der Waals surface area contributed by atoms with Crippen molar-refractivity contribution in [2.75, 3.05) is 25.6 Å². The van der Waals surface area contributed by atoms with E-state index in [1.54, 1.807) is 41.9 Å². The summed E-state index contributed by atoms with van der Waals surface area (Å²) in [6.45, 7) is 1.10. The number of phenolic OH excluding ortho intramolecular Hbond substituents is 1. The number of benzene rings is 3. The van der Waals surface area contributed by atoms with Crippen LogP contribution < -0.4 is 10.2 Å². The number of carbonyl (C=O) groups is 1. The molecule has 0 aromatic heterocycles. The lowest BCUT2D eigenvalue weighted by atomic mass is 10.0. The highest BCUT2D eigenvalue weighted by Crippen LogP contribution is 2.24. The third-order valence-corrected chi connectivity index (χ3v) is 7.50. The Bertz CT molecular complexity index is 1240. The molecule has 0 heterocycles. The van der Waals surface area contributed by atoms with Gasteiger partial charge in [-0.2, -0.15) is 0 Å². The normalized spacial score (nSPS) is 11.3. The van der Waals surface area contributed by atoms with Crippen molar-refractivity contribution in [3.8, 4) is 22.6 Å². The first-order valence-electron chi connectivity index (χ1n) is 12.2. The van der Waals surface area contributed by atoms with Crippen LogP contribution in [0.3, 0.4) is 0 Å². The molecule has 0 saturated carbocycles. The van der Waals surface area contributed by atoms with Crippen LogP contribution >= 0.6 is 0 Å². The smallest absolute Gasteiger partial charge is 0.243 e. The Morgan fingerprint density at radius 1 is 0.838 bits per heavy atom. The molecule has 0 unspecified atom stereocenters. The number of carbonyl (C=O) groups excluding carboxylic acids is 1. The van der Waals surface area contributed by atoms with E-state index in [1.165, 1.54) is 5.56 Å². The van der Waals surface area contributed by atoms with Crippen LogP contribution in [-0.2, 0) is 25.8 Å². The molecule has 9 heteroatoms. The molecular formula is C28H33NO7S. The largest absolute Gasteiger partial charge is 0.508 e.